The van der Waals surface area contributed by atoms with Crippen molar-refractivity contribution in [1.82, 2.24) is 19.7 Å². The van der Waals surface area contributed by atoms with Crippen LogP contribution < -0.4 is 9.64 Å². The molecule has 0 bridgehead atoms. The highest BCUT2D eigenvalue weighted by Gasteiger charge is 2.19. The minimum absolute atomic E-state index is 0.575. The first-order valence-electron chi connectivity index (χ1n) is 9.16. The molecular weight excluding hydrogens is 338 g/mol. The maximum atomic E-state index is 5.99. The summed E-state index contributed by atoms with van der Waals surface area (Å²) in [6.45, 7) is 2.04. The van der Waals surface area contributed by atoms with Crippen molar-refractivity contribution < 1.29 is 4.74 Å². The van der Waals surface area contributed by atoms with Gasteiger partial charge in [0.05, 0.1) is 5.52 Å². The zero-order chi connectivity index (χ0) is 18.1. The van der Waals surface area contributed by atoms with E-state index in [4.69, 9.17) is 14.7 Å². The highest BCUT2D eigenvalue weighted by atomic mass is 16.5. The van der Waals surface area contributed by atoms with E-state index in [1.54, 1.807) is 10.9 Å². The molecular formula is C21H19N5O. The summed E-state index contributed by atoms with van der Waals surface area (Å²) in [6, 6.07) is 17.6. The van der Waals surface area contributed by atoms with Gasteiger partial charge in [0, 0.05) is 36.9 Å². The number of nitrogens with zero attached hydrogens (tertiary/aromatic N) is 5. The molecule has 3 heterocycles. The van der Waals surface area contributed by atoms with Gasteiger partial charge in [0.15, 0.2) is 0 Å². The average molecular weight is 357 g/mol. The molecule has 5 rings (SSSR count). The van der Waals surface area contributed by atoms with Crippen molar-refractivity contribution in [2.24, 2.45) is 0 Å². The summed E-state index contributed by atoms with van der Waals surface area (Å²) in [5, 5.41) is 5.33. The fourth-order valence-corrected chi connectivity index (χ4v) is 3.43. The molecule has 6 nitrogen and oxygen atoms in total. The molecule has 0 spiro atoms. The average Bonchev–Trinajstić information content (AvgIpc) is 3.42. The predicted molar refractivity (Wildman–Crippen MR) is 105 cm³/mol. The van der Waals surface area contributed by atoms with Crippen LogP contribution in [0.4, 0.5) is 5.82 Å². The van der Waals surface area contributed by atoms with Crippen LogP contribution in [0.5, 0.6) is 11.5 Å². The van der Waals surface area contributed by atoms with E-state index >= 15 is 0 Å². The van der Waals surface area contributed by atoms with Gasteiger partial charge in [0.2, 0.25) is 0 Å². The van der Waals surface area contributed by atoms with Crippen LogP contribution in [0, 0.1) is 0 Å². The van der Waals surface area contributed by atoms with Crippen LogP contribution in [-0.4, -0.2) is 32.8 Å². The Morgan fingerprint density at radius 3 is 2.48 bits per heavy atom. The van der Waals surface area contributed by atoms with Gasteiger partial charge in [-0.25, -0.2) is 9.67 Å². The van der Waals surface area contributed by atoms with Gasteiger partial charge in [-0.2, -0.15) is 10.1 Å². The second-order valence-corrected chi connectivity index (χ2v) is 6.59. The second kappa shape index (κ2) is 6.72. The van der Waals surface area contributed by atoms with Crippen LogP contribution in [0.1, 0.15) is 12.8 Å². The summed E-state index contributed by atoms with van der Waals surface area (Å²) in [7, 11) is 0. The molecule has 2 aromatic carbocycles. The zero-order valence-electron chi connectivity index (χ0n) is 14.8. The summed E-state index contributed by atoms with van der Waals surface area (Å²) >= 11 is 0. The summed E-state index contributed by atoms with van der Waals surface area (Å²) in [5.74, 6) is 3.10. The van der Waals surface area contributed by atoms with Gasteiger partial charge in [-0.1, -0.05) is 18.2 Å². The van der Waals surface area contributed by atoms with Crippen LogP contribution in [0.3, 0.4) is 0 Å². The third kappa shape index (κ3) is 3.10. The Hall–Kier alpha value is -3.41. The van der Waals surface area contributed by atoms with E-state index in [-0.39, 0.29) is 0 Å². The van der Waals surface area contributed by atoms with Gasteiger partial charge in [0.25, 0.3) is 5.95 Å². The highest BCUT2D eigenvalue weighted by Crippen LogP contribution is 2.31. The predicted octanol–water partition coefficient (Wildman–Crippen LogP) is 4.21. The minimum atomic E-state index is 0.575. The molecule has 4 aromatic rings. The van der Waals surface area contributed by atoms with Crippen molar-refractivity contribution in [2.75, 3.05) is 18.0 Å². The van der Waals surface area contributed by atoms with Crippen molar-refractivity contribution in [3.63, 3.8) is 0 Å². The quantitative estimate of drug-likeness (QED) is 0.548. The van der Waals surface area contributed by atoms with Crippen LogP contribution in [-0.2, 0) is 0 Å². The topological polar surface area (TPSA) is 56.1 Å². The Balaban J connectivity index is 1.62. The third-order valence-corrected chi connectivity index (χ3v) is 4.73. The lowest BCUT2D eigenvalue weighted by atomic mass is 10.2. The molecule has 134 valence electrons. The normalized spacial score (nSPS) is 14.0. The first-order valence-corrected chi connectivity index (χ1v) is 9.16. The summed E-state index contributed by atoms with van der Waals surface area (Å²) in [6.07, 6.45) is 5.98. The summed E-state index contributed by atoms with van der Waals surface area (Å²) in [4.78, 5) is 11.9. The van der Waals surface area contributed by atoms with Crippen LogP contribution in [0.25, 0.3) is 16.9 Å². The molecule has 0 atom stereocenters. The molecule has 0 radical (unpaired) electrons. The number of rotatable bonds is 4. The van der Waals surface area contributed by atoms with E-state index in [9.17, 15) is 0 Å². The number of aromatic nitrogens is 4. The van der Waals surface area contributed by atoms with E-state index in [1.807, 2.05) is 60.8 Å². The van der Waals surface area contributed by atoms with Gasteiger partial charge in [0.1, 0.15) is 17.3 Å². The van der Waals surface area contributed by atoms with E-state index in [0.29, 0.717) is 5.95 Å². The fourth-order valence-electron chi connectivity index (χ4n) is 3.43. The molecule has 0 amide bonds. The number of hydrogen-bond acceptors (Lipinski definition) is 5. The number of anilines is 1. The van der Waals surface area contributed by atoms with Crippen LogP contribution >= 0.6 is 0 Å². The van der Waals surface area contributed by atoms with Crippen molar-refractivity contribution in [3.05, 3.63) is 67.0 Å². The van der Waals surface area contributed by atoms with E-state index in [1.165, 1.54) is 12.8 Å². The fraction of sp³-hybridized carbons (Fsp3) is 0.190. The maximum Gasteiger partial charge on any atom is 0.253 e. The monoisotopic (exact) mass is 357 g/mol. The number of fused-ring (bicyclic) bond motifs is 1. The summed E-state index contributed by atoms with van der Waals surface area (Å²) < 4.78 is 7.68. The first-order chi connectivity index (χ1) is 13.4. The summed E-state index contributed by atoms with van der Waals surface area (Å²) in [5.41, 5.74) is 0.853. The second-order valence-electron chi connectivity index (χ2n) is 6.59. The van der Waals surface area contributed by atoms with E-state index in [0.717, 1.165) is 41.3 Å². The van der Waals surface area contributed by atoms with E-state index in [2.05, 4.69) is 10.00 Å². The SMILES string of the molecule is c1ccc(Oc2ccc3c(N4CCCC4)nc(-n4cccn4)nc3c2)cc1. The Bertz CT molecular complexity index is 1060. The molecule has 1 aliphatic heterocycles. The Morgan fingerprint density at radius 1 is 0.852 bits per heavy atom. The molecule has 0 N–H and O–H groups in total. The molecule has 0 aliphatic carbocycles. The maximum absolute atomic E-state index is 5.99. The number of para-hydroxylation sites is 1. The van der Waals surface area contributed by atoms with Crippen LogP contribution in [0.2, 0.25) is 0 Å². The molecule has 1 fully saturated rings. The zero-order valence-corrected chi connectivity index (χ0v) is 14.8. The van der Waals surface area contributed by atoms with Crippen molar-refractivity contribution in [2.45, 2.75) is 12.8 Å². The first kappa shape index (κ1) is 15.8. The Labute approximate surface area is 157 Å². The van der Waals surface area contributed by atoms with Gasteiger partial charge >= 0.3 is 0 Å². The third-order valence-electron chi connectivity index (χ3n) is 4.73. The van der Waals surface area contributed by atoms with Gasteiger partial charge < -0.3 is 9.64 Å². The van der Waals surface area contributed by atoms with Crippen molar-refractivity contribution >= 4 is 16.7 Å². The van der Waals surface area contributed by atoms with Crippen molar-refractivity contribution in [1.29, 1.82) is 0 Å². The van der Waals surface area contributed by atoms with Crippen molar-refractivity contribution in [3.8, 4) is 17.4 Å². The number of benzene rings is 2. The number of hydrogen-bond donors (Lipinski definition) is 0. The standard InChI is InChI=1S/C21H19N5O/c1-2-7-16(8-3-1)27-17-9-10-18-19(15-17)23-21(26-14-6-11-22-26)24-20(18)25-12-4-5-13-25/h1-3,6-11,14-15H,4-5,12-13H2. The Morgan fingerprint density at radius 2 is 1.70 bits per heavy atom. The largest absolute Gasteiger partial charge is 0.457 e. The van der Waals surface area contributed by atoms with Gasteiger partial charge in [-0.15, -0.1) is 0 Å². The van der Waals surface area contributed by atoms with Gasteiger partial charge in [-0.05, 0) is 43.2 Å². The number of ether oxygens (including phenoxy) is 1. The molecule has 27 heavy (non-hydrogen) atoms. The molecule has 2 aromatic heterocycles. The molecule has 1 aliphatic rings. The van der Waals surface area contributed by atoms with E-state index < -0.39 is 0 Å². The Kier molecular flexibility index (Phi) is 3.93. The smallest absolute Gasteiger partial charge is 0.253 e. The molecule has 1 saturated heterocycles. The lowest BCUT2D eigenvalue weighted by molar-refractivity contribution is 0.483. The minimum Gasteiger partial charge on any atom is -0.457 e. The van der Waals surface area contributed by atoms with Crippen LogP contribution in [0.15, 0.2) is 67.0 Å². The molecule has 0 saturated carbocycles. The lowest BCUT2D eigenvalue weighted by Gasteiger charge is -2.19. The lowest BCUT2D eigenvalue weighted by Crippen LogP contribution is -2.20. The molecule has 0 unspecified atom stereocenters. The highest BCUT2D eigenvalue weighted by molar-refractivity contribution is 5.91. The van der Waals surface area contributed by atoms with Gasteiger partial charge in [-0.3, -0.25) is 0 Å². The molecule has 6 heteroatoms.